The molecule has 1 unspecified atom stereocenters. The molecule has 1 saturated heterocycles. The highest BCUT2D eigenvalue weighted by Gasteiger charge is 2.55. The number of carbonyl (C=O) groups excluding carboxylic acids is 6. The number of carbonyl (C=O) groups is 6. The Hall–Kier alpha value is -8.02. The number of amides is 5. The smallest absolute Gasteiger partial charge is 0.420 e. The average Bonchev–Trinajstić information content (AvgIpc) is 3.53. The zero-order valence-corrected chi connectivity index (χ0v) is 49.6. The summed E-state index contributed by atoms with van der Waals surface area (Å²) in [5.41, 5.74) is -2.39. The minimum atomic E-state index is -4.13. The Kier molecular flexibility index (Phi) is 19.4. The van der Waals surface area contributed by atoms with Gasteiger partial charge < -0.3 is 33.8 Å². The summed E-state index contributed by atoms with van der Waals surface area (Å²) in [6, 6.07) is 33.2. The van der Waals surface area contributed by atoms with Crippen LogP contribution in [-0.4, -0.2) is 124 Å². The number of imide groups is 1. The molecule has 82 heavy (non-hydrogen) atoms. The number of nitrogens with one attached hydrogen (secondary N) is 2. The van der Waals surface area contributed by atoms with Crippen LogP contribution in [0.4, 0.5) is 19.5 Å². The van der Waals surface area contributed by atoms with E-state index in [1.165, 1.54) is 24.6 Å². The highest BCUT2D eigenvalue weighted by atomic mass is 32.2. The number of rotatable bonds is 19. The van der Waals surface area contributed by atoms with Gasteiger partial charge in [-0.15, -0.1) is 23.1 Å². The van der Waals surface area contributed by atoms with Crippen molar-refractivity contribution in [3.05, 3.63) is 172 Å². The molecule has 7 rings (SSSR count). The van der Waals surface area contributed by atoms with Gasteiger partial charge in [-0.2, -0.15) is 0 Å². The molecule has 2 N–H and O–H groups in total. The number of benzene rings is 4. The van der Waals surface area contributed by atoms with Crippen LogP contribution >= 0.6 is 23.1 Å². The van der Waals surface area contributed by atoms with Crippen LogP contribution in [0.15, 0.2) is 149 Å². The molecule has 0 bridgehead atoms. The molecule has 4 aromatic carbocycles. The minimum Gasteiger partial charge on any atom is -0.497 e. The van der Waals surface area contributed by atoms with E-state index in [9.17, 15) is 37.2 Å². The highest BCUT2D eigenvalue weighted by molar-refractivity contribution is 8.00. The van der Waals surface area contributed by atoms with E-state index in [1.54, 1.807) is 86.6 Å². The molecule has 20 nitrogen and oxygen atoms in total. The van der Waals surface area contributed by atoms with Gasteiger partial charge in [-0.1, -0.05) is 120 Å². The Bertz CT molecular complexity index is 3210. The van der Waals surface area contributed by atoms with E-state index in [-0.39, 0.29) is 40.2 Å². The monoisotopic (exact) mass is 1180 g/mol. The van der Waals surface area contributed by atoms with Gasteiger partial charge in [0, 0.05) is 27.8 Å². The van der Waals surface area contributed by atoms with Crippen molar-refractivity contribution in [3.63, 3.8) is 0 Å². The van der Waals surface area contributed by atoms with E-state index in [0.29, 0.717) is 32.9 Å². The maximum Gasteiger partial charge on any atom is 0.420 e. The second-order valence-corrected chi connectivity index (χ2v) is 25.9. The molecule has 23 heteroatoms. The van der Waals surface area contributed by atoms with Crippen molar-refractivity contribution in [1.82, 2.24) is 20.1 Å². The third kappa shape index (κ3) is 15.9. The fraction of sp³-hybridized carbons (Fsp3) is 0.356. The number of aromatic nitrogens is 1. The molecule has 0 spiro atoms. The number of methoxy groups -OCH3 is 1. The second kappa shape index (κ2) is 25.8. The van der Waals surface area contributed by atoms with Crippen LogP contribution in [-0.2, 0) is 60.2 Å². The lowest BCUT2D eigenvalue weighted by Crippen LogP contribution is -2.71. The van der Waals surface area contributed by atoms with Gasteiger partial charge in [-0.25, -0.2) is 37.5 Å². The summed E-state index contributed by atoms with van der Waals surface area (Å²) in [5, 5.41) is 10.6. The van der Waals surface area contributed by atoms with E-state index < -0.39 is 97.8 Å². The highest BCUT2D eigenvalue weighted by Crippen LogP contribution is 2.43. The summed E-state index contributed by atoms with van der Waals surface area (Å²) in [4.78, 5) is 96.0. The number of anilines is 1. The van der Waals surface area contributed by atoms with Crippen LogP contribution < -0.4 is 15.4 Å². The fourth-order valence-corrected chi connectivity index (χ4v) is 11.8. The first-order valence-electron chi connectivity index (χ1n) is 25.9. The summed E-state index contributed by atoms with van der Waals surface area (Å²) < 4.78 is 55.2. The van der Waals surface area contributed by atoms with Crippen molar-refractivity contribution in [2.24, 2.45) is 5.16 Å². The van der Waals surface area contributed by atoms with Crippen molar-refractivity contribution < 1.29 is 65.7 Å². The van der Waals surface area contributed by atoms with Crippen LogP contribution in [0.3, 0.4) is 0 Å². The van der Waals surface area contributed by atoms with Crippen molar-refractivity contribution in [2.75, 3.05) is 36.2 Å². The molecular formula is C59H66N6O14S3. The Morgan fingerprint density at radius 3 is 1.80 bits per heavy atom. The van der Waals surface area contributed by atoms with Crippen LogP contribution in [0.2, 0.25) is 0 Å². The number of β-lactam (4-membered cyclic amide) rings is 1. The first-order valence-corrected chi connectivity index (χ1v) is 29.7. The molecule has 0 saturated carbocycles. The molecule has 5 aromatic rings. The second-order valence-electron chi connectivity index (χ2n) is 21.8. The molecule has 2 aliphatic rings. The quantitative estimate of drug-likeness (QED) is 0.0148. The molecule has 2 aliphatic heterocycles. The molecule has 5 amide bonds. The Morgan fingerprint density at radius 2 is 1.29 bits per heavy atom. The van der Waals surface area contributed by atoms with Crippen molar-refractivity contribution >= 4 is 79.8 Å². The number of esters is 1. The van der Waals surface area contributed by atoms with Crippen molar-refractivity contribution in [1.29, 1.82) is 0 Å². The molecule has 0 radical (unpaired) electrons. The van der Waals surface area contributed by atoms with Crippen LogP contribution in [0.1, 0.15) is 90.3 Å². The van der Waals surface area contributed by atoms with E-state index in [4.69, 9.17) is 28.5 Å². The molecule has 434 valence electrons. The number of oxime groups is 1. The lowest BCUT2D eigenvalue weighted by atomic mass is 9.80. The fourth-order valence-electron chi connectivity index (χ4n) is 8.33. The SMILES string of the molecule is COc1ccc(COC(=O)C2=C(CS(=O)(=O)C/C=C\CN(C(=O)OC(C)(C)C)C(=O)OC(C)(C)C)CS[C@@H]3C(NC(=O)/C(=N\OC(c4ccccc4)(c4ccccc4)c4ccccc4)c4csc(NC(=O)OC(C)(C)C)n4)C(=O)N23)cc1. The lowest BCUT2D eigenvalue weighted by molar-refractivity contribution is -0.153. The number of thiazole rings is 1. The van der Waals surface area contributed by atoms with Gasteiger partial charge in [0.1, 0.15) is 52.0 Å². The van der Waals surface area contributed by atoms with Gasteiger partial charge in [-0.3, -0.25) is 19.8 Å². The maximum absolute atomic E-state index is 14.9. The zero-order chi connectivity index (χ0) is 59.6. The largest absolute Gasteiger partial charge is 0.497 e. The van der Waals surface area contributed by atoms with Gasteiger partial charge in [0.15, 0.2) is 20.7 Å². The van der Waals surface area contributed by atoms with E-state index in [1.807, 2.05) is 91.0 Å². The molecular weight excluding hydrogens is 1110 g/mol. The van der Waals surface area contributed by atoms with Crippen molar-refractivity contribution in [2.45, 2.75) is 103 Å². The minimum absolute atomic E-state index is 0.0387. The molecule has 1 aromatic heterocycles. The van der Waals surface area contributed by atoms with Gasteiger partial charge in [0.05, 0.1) is 25.2 Å². The number of hydrogen-bond acceptors (Lipinski definition) is 18. The third-order valence-corrected chi connectivity index (χ3v) is 15.5. The van der Waals surface area contributed by atoms with Crippen LogP contribution in [0.25, 0.3) is 0 Å². The van der Waals surface area contributed by atoms with E-state index >= 15 is 0 Å². The average molecular weight is 1180 g/mol. The Labute approximate surface area is 485 Å². The normalized spacial score (nSPS) is 15.9. The molecule has 1 fully saturated rings. The van der Waals surface area contributed by atoms with E-state index in [0.717, 1.165) is 28.0 Å². The summed E-state index contributed by atoms with van der Waals surface area (Å²) in [6.45, 7) is 14.2. The van der Waals surface area contributed by atoms with Crippen LogP contribution in [0.5, 0.6) is 5.75 Å². The third-order valence-electron chi connectivity index (χ3n) is 11.9. The predicted molar refractivity (Wildman–Crippen MR) is 311 cm³/mol. The summed E-state index contributed by atoms with van der Waals surface area (Å²) in [6.07, 6.45) is -0.242. The number of hydrogen-bond donors (Lipinski definition) is 2. The number of thioether (sulfide) groups is 1. The predicted octanol–water partition coefficient (Wildman–Crippen LogP) is 9.75. The topological polar surface area (TPSA) is 248 Å². The van der Waals surface area contributed by atoms with Gasteiger partial charge >= 0.3 is 24.2 Å². The number of ether oxygens (including phenoxy) is 5. The maximum atomic E-state index is 14.9. The number of nitrogens with zero attached hydrogens (tertiary/aromatic N) is 4. The Balaban J connectivity index is 1.20. The number of fused-ring (bicyclic) bond motifs is 1. The van der Waals surface area contributed by atoms with Crippen LogP contribution in [0, 0.1) is 0 Å². The summed E-state index contributed by atoms with van der Waals surface area (Å²) in [7, 11) is -2.62. The summed E-state index contributed by atoms with van der Waals surface area (Å²) >= 11 is 2.09. The van der Waals surface area contributed by atoms with Gasteiger partial charge in [0.25, 0.3) is 11.8 Å². The molecule has 2 atom stereocenters. The zero-order valence-electron chi connectivity index (χ0n) is 47.1. The lowest BCUT2D eigenvalue weighted by Gasteiger charge is -2.49. The van der Waals surface area contributed by atoms with E-state index in [2.05, 4.69) is 20.8 Å². The van der Waals surface area contributed by atoms with Crippen molar-refractivity contribution in [3.8, 4) is 5.75 Å². The molecule has 3 heterocycles. The Morgan fingerprint density at radius 1 is 0.756 bits per heavy atom. The first kappa shape index (κ1) is 61.6. The standard InChI is InChI=1S/C59H66N6O14S3/c1-56(2,3)76-53(69)62-52-60-44(36-81-52)45(63-79-59(40-22-14-11-15-23-40,41-24-16-12-17-25-41)42-26-18-13-19-27-42)48(66)61-46-49(67)65-47(51(68)75-34-38-28-30-43(74-10)31-29-38)39(35-80-50(46)65)37-82(72,73)33-21-20-32-64(54(70)77-57(4,5)6)55(71)78-58(7,8)9/h11-31,36,46,50H,32-35,37H2,1-10H3,(H,61,66)(H,60,62,69)/b21-20-,63-45-/t46?,50-/m1/s1. The van der Waals surface area contributed by atoms with Gasteiger partial charge in [0.2, 0.25) is 5.60 Å². The van der Waals surface area contributed by atoms with Gasteiger partial charge in [-0.05, 0) is 85.6 Å². The number of sulfone groups is 1. The first-order chi connectivity index (χ1) is 38.7. The summed E-state index contributed by atoms with van der Waals surface area (Å²) in [5.74, 6) is -3.50. The molecule has 0 aliphatic carbocycles.